The third-order valence-electron chi connectivity index (χ3n) is 5.28. The lowest BCUT2D eigenvalue weighted by Crippen LogP contribution is -2.33. The van der Waals surface area contributed by atoms with Gasteiger partial charge in [-0.3, -0.25) is 4.79 Å². The molecule has 0 unspecified atom stereocenters. The van der Waals surface area contributed by atoms with Crippen LogP contribution in [0.15, 0.2) is 48.7 Å². The van der Waals surface area contributed by atoms with Crippen LogP contribution in [0.1, 0.15) is 56.2 Å². The molecular formula is C23H27ClN2O. The number of aromatic amines is 1. The maximum Gasteiger partial charge on any atom is 0.221 e. The van der Waals surface area contributed by atoms with Gasteiger partial charge in [-0.15, -0.1) is 0 Å². The minimum absolute atomic E-state index is 0.0512. The predicted octanol–water partition coefficient (Wildman–Crippen LogP) is 5.82. The lowest BCUT2D eigenvalue weighted by Gasteiger charge is -2.20. The summed E-state index contributed by atoms with van der Waals surface area (Å²) in [7, 11) is 0. The molecule has 0 aliphatic rings. The van der Waals surface area contributed by atoms with Crippen LogP contribution in [0.25, 0.3) is 10.9 Å². The summed E-state index contributed by atoms with van der Waals surface area (Å²) in [6, 6.07) is 14.3. The zero-order valence-corrected chi connectivity index (χ0v) is 16.9. The average Bonchev–Trinajstić information content (AvgIpc) is 3.10. The molecule has 3 rings (SSSR count). The second-order valence-electron chi connectivity index (χ2n) is 7.09. The van der Waals surface area contributed by atoms with Gasteiger partial charge < -0.3 is 10.3 Å². The number of aromatic nitrogens is 1. The number of H-pyrrole nitrogens is 1. The van der Waals surface area contributed by atoms with E-state index in [1.165, 1.54) is 5.56 Å². The Morgan fingerprint density at radius 3 is 2.59 bits per heavy atom. The topological polar surface area (TPSA) is 44.9 Å². The number of carbonyl (C=O) groups is 1. The van der Waals surface area contributed by atoms with Crippen molar-refractivity contribution in [1.29, 1.82) is 0 Å². The van der Waals surface area contributed by atoms with Crippen molar-refractivity contribution in [3.05, 3.63) is 70.4 Å². The molecule has 0 saturated heterocycles. The molecule has 0 radical (unpaired) electrons. The zero-order chi connectivity index (χ0) is 19.4. The van der Waals surface area contributed by atoms with E-state index >= 15 is 0 Å². The van der Waals surface area contributed by atoms with Gasteiger partial charge in [-0.1, -0.05) is 61.8 Å². The van der Waals surface area contributed by atoms with Gasteiger partial charge in [0.1, 0.15) is 0 Å². The maximum atomic E-state index is 12.7. The average molecular weight is 383 g/mol. The lowest BCUT2D eigenvalue weighted by molar-refractivity contribution is -0.121. The van der Waals surface area contributed by atoms with Crippen LogP contribution in [0.2, 0.25) is 5.02 Å². The highest BCUT2D eigenvalue weighted by atomic mass is 35.5. The number of aryl methyl sites for hydroxylation is 1. The highest BCUT2D eigenvalue weighted by Crippen LogP contribution is 2.37. The van der Waals surface area contributed by atoms with E-state index in [0.717, 1.165) is 34.9 Å². The third-order valence-corrected chi connectivity index (χ3v) is 5.62. The molecule has 3 nitrogen and oxygen atoms in total. The molecule has 0 aliphatic heterocycles. The molecule has 0 spiro atoms. The van der Waals surface area contributed by atoms with Crippen LogP contribution in [-0.2, 0) is 11.2 Å². The highest BCUT2D eigenvalue weighted by Gasteiger charge is 2.24. The first-order chi connectivity index (χ1) is 13.0. The zero-order valence-electron chi connectivity index (χ0n) is 16.2. The molecule has 1 aromatic heterocycles. The molecule has 2 aromatic carbocycles. The number of rotatable bonds is 7. The quantitative estimate of drug-likeness (QED) is 0.531. The first kappa shape index (κ1) is 19.5. The second-order valence-corrected chi connectivity index (χ2v) is 7.50. The Morgan fingerprint density at radius 2 is 1.89 bits per heavy atom. The van der Waals surface area contributed by atoms with Gasteiger partial charge in [-0.2, -0.15) is 0 Å². The molecule has 3 aromatic rings. The molecule has 142 valence electrons. The van der Waals surface area contributed by atoms with Crippen molar-refractivity contribution < 1.29 is 4.79 Å². The summed E-state index contributed by atoms with van der Waals surface area (Å²) in [5, 5.41) is 4.95. The number of nitrogens with one attached hydrogen (secondary N) is 2. The molecule has 0 aliphatic carbocycles. The fraction of sp³-hybridized carbons (Fsp3) is 0.348. The van der Waals surface area contributed by atoms with Crippen molar-refractivity contribution in [2.45, 2.75) is 52.0 Å². The molecule has 4 heteroatoms. The van der Waals surface area contributed by atoms with E-state index in [4.69, 9.17) is 11.6 Å². The summed E-state index contributed by atoms with van der Waals surface area (Å²) in [4.78, 5) is 16.1. The van der Waals surface area contributed by atoms with E-state index in [1.54, 1.807) is 0 Å². The monoisotopic (exact) mass is 382 g/mol. The molecule has 27 heavy (non-hydrogen) atoms. The molecule has 1 heterocycles. The molecule has 0 bridgehead atoms. The fourth-order valence-electron chi connectivity index (χ4n) is 3.59. The van der Waals surface area contributed by atoms with Crippen molar-refractivity contribution in [2.24, 2.45) is 0 Å². The molecule has 0 fully saturated rings. The SMILES string of the molecule is CCc1cccc2c([C@H](CC(=O)N[C@H](C)CC)c3ccccc3Cl)c[nH]c12. The Kier molecular flexibility index (Phi) is 6.22. The minimum atomic E-state index is -0.0939. The van der Waals surface area contributed by atoms with Crippen molar-refractivity contribution in [2.75, 3.05) is 0 Å². The van der Waals surface area contributed by atoms with E-state index in [9.17, 15) is 4.79 Å². The van der Waals surface area contributed by atoms with Crippen molar-refractivity contribution >= 4 is 28.4 Å². The fourth-order valence-corrected chi connectivity index (χ4v) is 3.86. The van der Waals surface area contributed by atoms with Crippen LogP contribution in [0.5, 0.6) is 0 Å². The Balaban J connectivity index is 2.05. The number of carbonyl (C=O) groups excluding carboxylic acids is 1. The second kappa shape index (κ2) is 8.62. The van der Waals surface area contributed by atoms with E-state index in [2.05, 4.69) is 42.3 Å². The minimum Gasteiger partial charge on any atom is -0.361 e. The lowest BCUT2D eigenvalue weighted by atomic mass is 9.87. The van der Waals surface area contributed by atoms with Gasteiger partial charge in [0.05, 0.1) is 0 Å². The van der Waals surface area contributed by atoms with Crippen LogP contribution in [0.4, 0.5) is 0 Å². The molecular weight excluding hydrogens is 356 g/mol. The Morgan fingerprint density at radius 1 is 1.11 bits per heavy atom. The Bertz CT molecular complexity index is 931. The molecule has 1 amide bonds. The predicted molar refractivity (Wildman–Crippen MR) is 113 cm³/mol. The van der Waals surface area contributed by atoms with Crippen LogP contribution in [0.3, 0.4) is 0 Å². The van der Waals surface area contributed by atoms with Gasteiger partial charge in [-0.05, 0) is 42.5 Å². The number of hydrogen-bond acceptors (Lipinski definition) is 1. The van der Waals surface area contributed by atoms with E-state index in [1.807, 2.05) is 37.4 Å². The number of benzene rings is 2. The van der Waals surface area contributed by atoms with Gasteiger partial charge in [0, 0.05) is 40.5 Å². The number of halogens is 1. The molecule has 0 saturated carbocycles. The van der Waals surface area contributed by atoms with E-state index in [0.29, 0.717) is 11.4 Å². The summed E-state index contributed by atoms with van der Waals surface area (Å²) < 4.78 is 0. The largest absolute Gasteiger partial charge is 0.361 e. The van der Waals surface area contributed by atoms with Crippen molar-refractivity contribution in [3.8, 4) is 0 Å². The maximum absolute atomic E-state index is 12.7. The highest BCUT2D eigenvalue weighted by molar-refractivity contribution is 6.31. The summed E-state index contributed by atoms with van der Waals surface area (Å²) in [6.45, 7) is 6.25. The summed E-state index contributed by atoms with van der Waals surface area (Å²) in [5.41, 5.74) is 4.53. The van der Waals surface area contributed by atoms with Crippen LogP contribution < -0.4 is 5.32 Å². The van der Waals surface area contributed by atoms with Gasteiger partial charge in [0.25, 0.3) is 0 Å². The van der Waals surface area contributed by atoms with Gasteiger partial charge >= 0.3 is 0 Å². The van der Waals surface area contributed by atoms with Crippen molar-refractivity contribution in [1.82, 2.24) is 10.3 Å². The normalized spacial score (nSPS) is 13.5. The smallest absolute Gasteiger partial charge is 0.221 e. The Labute approximate surface area is 166 Å². The van der Waals surface area contributed by atoms with Gasteiger partial charge in [-0.25, -0.2) is 0 Å². The number of fused-ring (bicyclic) bond motifs is 1. The summed E-state index contributed by atoms with van der Waals surface area (Å²) in [5.74, 6) is -0.0427. The first-order valence-corrected chi connectivity index (χ1v) is 10.1. The number of hydrogen-bond donors (Lipinski definition) is 2. The first-order valence-electron chi connectivity index (χ1n) is 9.67. The van der Waals surface area contributed by atoms with Gasteiger partial charge in [0.15, 0.2) is 0 Å². The molecule has 2 atom stereocenters. The third kappa shape index (κ3) is 4.19. The van der Waals surface area contributed by atoms with Crippen LogP contribution in [-0.4, -0.2) is 16.9 Å². The standard InChI is InChI=1S/C23H27ClN2O/c1-4-15(3)26-22(27)13-19(17-10-6-7-12-21(17)24)20-14-25-23-16(5-2)9-8-11-18(20)23/h6-12,14-15,19,25H,4-5,13H2,1-3H3,(H,26,27)/t15-,19-/m1/s1. The summed E-state index contributed by atoms with van der Waals surface area (Å²) in [6.07, 6.45) is 4.28. The number of amides is 1. The van der Waals surface area contributed by atoms with Crippen LogP contribution >= 0.6 is 11.6 Å². The van der Waals surface area contributed by atoms with E-state index in [-0.39, 0.29) is 17.9 Å². The molecule has 2 N–H and O–H groups in total. The summed E-state index contributed by atoms with van der Waals surface area (Å²) >= 11 is 6.52. The van der Waals surface area contributed by atoms with Gasteiger partial charge in [0.2, 0.25) is 5.91 Å². The van der Waals surface area contributed by atoms with Crippen molar-refractivity contribution in [3.63, 3.8) is 0 Å². The number of para-hydroxylation sites is 1. The van der Waals surface area contributed by atoms with E-state index < -0.39 is 0 Å². The Hall–Kier alpha value is -2.26. The van der Waals surface area contributed by atoms with Crippen LogP contribution in [0, 0.1) is 0 Å².